The van der Waals surface area contributed by atoms with Gasteiger partial charge in [-0.25, -0.2) is 8.78 Å². The summed E-state index contributed by atoms with van der Waals surface area (Å²) >= 11 is 0. The molecule has 1 aromatic carbocycles. The lowest BCUT2D eigenvalue weighted by Crippen LogP contribution is -2.19. The number of benzene rings is 1. The minimum atomic E-state index is -0.650. The van der Waals surface area contributed by atoms with Crippen LogP contribution in [0.5, 0.6) is 5.75 Å². The molecule has 0 atom stereocenters. The lowest BCUT2D eigenvalue weighted by Gasteiger charge is -2.11. The highest BCUT2D eigenvalue weighted by Crippen LogP contribution is 2.23. The molecule has 3 nitrogen and oxygen atoms in total. The summed E-state index contributed by atoms with van der Waals surface area (Å²) in [4.78, 5) is 0. The predicted molar refractivity (Wildman–Crippen MR) is 79.5 cm³/mol. The van der Waals surface area contributed by atoms with Crippen LogP contribution in [0.2, 0.25) is 0 Å². The molecule has 0 fully saturated rings. The number of methoxy groups -OCH3 is 1. The number of ether oxygens (including phenoxy) is 2. The first-order valence-electron chi connectivity index (χ1n) is 7.35. The predicted octanol–water partition coefficient (Wildman–Crippen LogP) is 3.52. The molecule has 0 saturated heterocycles. The Morgan fingerprint density at radius 3 is 2.29 bits per heavy atom. The summed E-state index contributed by atoms with van der Waals surface area (Å²) < 4.78 is 37.8. The Bertz CT molecular complexity index is 402. The Kier molecular flexibility index (Phi) is 8.23. The van der Waals surface area contributed by atoms with Gasteiger partial charge in [0.15, 0.2) is 17.4 Å². The van der Waals surface area contributed by atoms with Gasteiger partial charge < -0.3 is 14.8 Å². The molecule has 0 bridgehead atoms. The molecule has 21 heavy (non-hydrogen) atoms. The van der Waals surface area contributed by atoms with Crippen LogP contribution in [0.25, 0.3) is 0 Å². The molecule has 0 aliphatic carbocycles. The van der Waals surface area contributed by atoms with Crippen LogP contribution >= 0.6 is 0 Å². The highest BCUT2D eigenvalue weighted by Gasteiger charge is 2.12. The van der Waals surface area contributed by atoms with E-state index in [0.29, 0.717) is 31.1 Å². The Labute approximate surface area is 125 Å². The first kappa shape index (κ1) is 17.9. The van der Waals surface area contributed by atoms with E-state index in [2.05, 4.69) is 19.2 Å². The number of hydrogen-bond acceptors (Lipinski definition) is 3. The second-order valence-electron chi connectivity index (χ2n) is 5.46. The van der Waals surface area contributed by atoms with Crippen LogP contribution in [0.3, 0.4) is 0 Å². The molecular weight excluding hydrogens is 276 g/mol. The van der Waals surface area contributed by atoms with E-state index in [4.69, 9.17) is 9.47 Å². The normalized spacial score (nSPS) is 11.1. The van der Waals surface area contributed by atoms with E-state index in [-0.39, 0.29) is 12.4 Å². The zero-order valence-electron chi connectivity index (χ0n) is 13.0. The van der Waals surface area contributed by atoms with Crippen molar-refractivity contribution < 1.29 is 18.3 Å². The summed E-state index contributed by atoms with van der Waals surface area (Å²) in [5.41, 5.74) is 0.581. The van der Waals surface area contributed by atoms with Crippen molar-refractivity contribution in [1.29, 1.82) is 0 Å². The third-order valence-corrected chi connectivity index (χ3v) is 2.93. The van der Waals surface area contributed by atoms with Crippen molar-refractivity contribution in [3.8, 4) is 5.75 Å². The Morgan fingerprint density at radius 2 is 1.71 bits per heavy atom. The molecule has 0 spiro atoms. The zero-order chi connectivity index (χ0) is 15.7. The topological polar surface area (TPSA) is 30.5 Å². The molecule has 0 heterocycles. The molecule has 120 valence electrons. The van der Waals surface area contributed by atoms with Gasteiger partial charge in [0.05, 0.1) is 6.61 Å². The van der Waals surface area contributed by atoms with E-state index in [1.807, 2.05) is 0 Å². The average molecular weight is 301 g/mol. The monoisotopic (exact) mass is 301 g/mol. The second kappa shape index (κ2) is 9.68. The number of rotatable bonds is 10. The fourth-order valence-electron chi connectivity index (χ4n) is 1.88. The molecule has 0 aliphatic heterocycles. The SMILES string of the molecule is COCCCCOc1c(F)cc(CNCC(C)C)cc1F. The fraction of sp³-hybridized carbons (Fsp3) is 0.625. The van der Waals surface area contributed by atoms with Crippen molar-refractivity contribution in [2.24, 2.45) is 5.92 Å². The van der Waals surface area contributed by atoms with Gasteiger partial charge in [0.1, 0.15) is 0 Å². The average Bonchev–Trinajstić information content (AvgIpc) is 2.40. The maximum absolute atomic E-state index is 13.9. The van der Waals surface area contributed by atoms with Crippen LogP contribution in [0.1, 0.15) is 32.3 Å². The molecule has 0 aromatic heterocycles. The van der Waals surface area contributed by atoms with Gasteiger partial charge in [-0.15, -0.1) is 0 Å². The number of nitrogens with one attached hydrogen (secondary N) is 1. The largest absolute Gasteiger partial charge is 0.488 e. The minimum absolute atomic E-state index is 0.280. The number of halogens is 2. The van der Waals surface area contributed by atoms with Gasteiger partial charge >= 0.3 is 0 Å². The van der Waals surface area contributed by atoms with Crippen molar-refractivity contribution in [1.82, 2.24) is 5.32 Å². The van der Waals surface area contributed by atoms with Gasteiger partial charge in [-0.05, 0) is 43.0 Å². The van der Waals surface area contributed by atoms with Gasteiger partial charge in [0.2, 0.25) is 0 Å². The van der Waals surface area contributed by atoms with Gasteiger partial charge in [0.25, 0.3) is 0 Å². The lowest BCUT2D eigenvalue weighted by molar-refractivity contribution is 0.182. The molecule has 0 amide bonds. The smallest absolute Gasteiger partial charge is 0.190 e. The van der Waals surface area contributed by atoms with Crippen molar-refractivity contribution in [2.45, 2.75) is 33.2 Å². The minimum Gasteiger partial charge on any atom is -0.488 e. The van der Waals surface area contributed by atoms with E-state index in [9.17, 15) is 8.78 Å². The molecule has 1 aromatic rings. The van der Waals surface area contributed by atoms with Crippen LogP contribution in [0.15, 0.2) is 12.1 Å². The van der Waals surface area contributed by atoms with E-state index in [0.717, 1.165) is 13.0 Å². The van der Waals surface area contributed by atoms with Crippen molar-refractivity contribution in [2.75, 3.05) is 26.9 Å². The molecule has 1 rings (SSSR count). The van der Waals surface area contributed by atoms with Crippen LogP contribution < -0.4 is 10.1 Å². The number of unbranched alkanes of at least 4 members (excludes halogenated alkanes) is 1. The highest BCUT2D eigenvalue weighted by atomic mass is 19.1. The third kappa shape index (κ3) is 6.87. The molecule has 0 radical (unpaired) electrons. The van der Waals surface area contributed by atoms with Gasteiger partial charge in [-0.2, -0.15) is 0 Å². The van der Waals surface area contributed by atoms with Crippen molar-refractivity contribution >= 4 is 0 Å². The Balaban J connectivity index is 2.50. The van der Waals surface area contributed by atoms with Crippen LogP contribution in [-0.2, 0) is 11.3 Å². The summed E-state index contributed by atoms with van der Waals surface area (Å²) in [7, 11) is 1.62. The van der Waals surface area contributed by atoms with Crippen LogP contribution in [0.4, 0.5) is 8.78 Å². The molecule has 0 unspecified atom stereocenters. The van der Waals surface area contributed by atoms with Crippen LogP contribution in [0, 0.1) is 17.6 Å². The molecule has 0 aliphatic rings. The fourth-order valence-corrected chi connectivity index (χ4v) is 1.88. The maximum atomic E-state index is 13.9. The standard InChI is InChI=1S/C16H25F2NO2/c1-12(2)10-19-11-13-8-14(17)16(15(18)9-13)21-7-5-4-6-20-3/h8-9,12,19H,4-7,10-11H2,1-3H3. The summed E-state index contributed by atoms with van der Waals surface area (Å²) in [6, 6.07) is 2.64. The van der Waals surface area contributed by atoms with E-state index >= 15 is 0 Å². The summed E-state index contributed by atoms with van der Waals surface area (Å²) in [6.07, 6.45) is 1.50. The quantitative estimate of drug-likeness (QED) is 0.671. The Morgan fingerprint density at radius 1 is 1.10 bits per heavy atom. The van der Waals surface area contributed by atoms with E-state index in [1.54, 1.807) is 7.11 Å². The van der Waals surface area contributed by atoms with Gasteiger partial charge in [-0.3, -0.25) is 0 Å². The maximum Gasteiger partial charge on any atom is 0.190 e. The Hall–Kier alpha value is -1.20. The molecule has 1 N–H and O–H groups in total. The van der Waals surface area contributed by atoms with E-state index < -0.39 is 11.6 Å². The molecule has 0 saturated carbocycles. The summed E-state index contributed by atoms with van der Waals surface area (Å²) in [5.74, 6) is -1.10. The highest BCUT2D eigenvalue weighted by molar-refractivity contribution is 5.31. The zero-order valence-corrected chi connectivity index (χ0v) is 13.0. The molecule has 5 heteroatoms. The van der Waals surface area contributed by atoms with Gasteiger partial charge in [-0.1, -0.05) is 13.8 Å². The first-order chi connectivity index (χ1) is 10.0. The van der Waals surface area contributed by atoms with E-state index in [1.165, 1.54) is 12.1 Å². The third-order valence-electron chi connectivity index (χ3n) is 2.93. The summed E-state index contributed by atoms with van der Waals surface area (Å²) in [5, 5.41) is 3.15. The molecular formula is C16H25F2NO2. The van der Waals surface area contributed by atoms with Crippen molar-refractivity contribution in [3.63, 3.8) is 0 Å². The lowest BCUT2D eigenvalue weighted by atomic mass is 10.1. The first-order valence-corrected chi connectivity index (χ1v) is 7.35. The summed E-state index contributed by atoms with van der Waals surface area (Å²) in [6.45, 7) is 6.31. The van der Waals surface area contributed by atoms with Crippen LogP contribution in [-0.4, -0.2) is 26.9 Å². The van der Waals surface area contributed by atoms with Gasteiger partial charge in [0, 0.05) is 20.3 Å². The number of hydrogen-bond donors (Lipinski definition) is 1. The van der Waals surface area contributed by atoms with Crippen molar-refractivity contribution in [3.05, 3.63) is 29.3 Å². The second-order valence-corrected chi connectivity index (χ2v) is 5.46.